The standard InChI is InChI=1S/C21H23ClN2O3S/c1-14-16(22)6-5-7-17(14)23-20(25)13-27-18-9-8-15(12-19(18)26-2)21(28)24-10-3-4-11-24/h5-9,12H,3-4,10-11,13H2,1-2H3,(H,23,25). The topological polar surface area (TPSA) is 50.8 Å². The van der Waals surface area contributed by atoms with Gasteiger partial charge >= 0.3 is 0 Å². The number of thiocarbonyl (C=S) groups is 1. The Kier molecular flexibility index (Phi) is 6.75. The van der Waals surface area contributed by atoms with Gasteiger partial charge in [-0.1, -0.05) is 29.9 Å². The lowest BCUT2D eigenvalue weighted by Crippen LogP contribution is -2.26. The molecule has 2 aromatic carbocycles. The van der Waals surface area contributed by atoms with Crippen molar-refractivity contribution in [3.05, 3.63) is 52.5 Å². The Hall–Kier alpha value is -2.31. The average molecular weight is 419 g/mol. The van der Waals surface area contributed by atoms with Gasteiger partial charge in [-0.2, -0.15) is 0 Å². The van der Waals surface area contributed by atoms with E-state index in [0.29, 0.717) is 22.2 Å². The van der Waals surface area contributed by atoms with Crippen LogP contribution in [0.15, 0.2) is 36.4 Å². The van der Waals surface area contributed by atoms with Crippen LogP contribution in [0.25, 0.3) is 0 Å². The molecule has 1 fully saturated rings. The number of likely N-dealkylation sites (tertiary alicyclic amines) is 1. The molecular formula is C21H23ClN2O3S. The van der Waals surface area contributed by atoms with Gasteiger partial charge in [0.1, 0.15) is 4.99 Å². The van der Waals surface area contributed by atoms with Gasteiger partial charge in [0.2, 0.25) is 0 Å². The van der Waals surface area contributed by atoms with Crippen molar-refractivity contribution < 1.29 is 14.3 Å². The van der Waals surface area contributed by atoms with E-state index in [1.807, 2.05) is 19.1 Å². The molecule has 0 spiro atoms. The zero-order valence-electron chi connectivity index (χ0n) is 16.0. The van der Waals surface area contributed by atoms with E-state index in [9.17, 15) is 4.79 Å². The molecule has 1 N–H and O–H groups in total. The number of methoxy groups -OCH3 is 1. The zero-order chi connectivity index (χ0) is 20.1. The van der Waals surface area contributed by atoms with Crippen molar-refractivity contribution in [1.82, 2.24) is 4.90 Å². The second-order valence-corrected chi connectivity index (χ2v) is 7.41. The maximum atomic E-state index is 12.3. The lowest BCUT2D eigenvalue weighted by molar-refractivity contribution is -0.118. The molecule has 1 aliphatic heterocycles. The first kappa shape index (κ1) is 20.4. The zero-order valence-corrected chi connectivity index (χ0v) is 17.5. The van der Waals surface area contributed by atoms with Crippen LogP contribution in [-0.2, 0) is 4.79 Å². The van der Waals surface area contributed by atoms with Crippen LogP contribution >= 0.6 is 23.8 Å². The van der Waals surface area contributed by atoms with Crippen molar-refractivity contribution in [2.24, 2.45) is 0 Å². The van der Waals surface area contributed by atoms with Gasteiger partial charge in [-0.3, -0.25) is 4.79 Å². The third kappa shape index (κ3) is 4.75. The van der Waals surface area contributed by atoms with E-state index in [2.05, 4.69) is 10.2 Å². The van der Waals surface area contributed by atoms with Crippen LogP contribution in [0, 0.1) is 6.92 Å². The third-order valence-corrected chi connectivity index (χ3v) is 5.61. The van der Waals surface area contributed by atoms with E-state index in [0.717, 1.165) is 29.2 Å². The van der Waals surface area contributed by atoms with Crippen molar-refractivity contribution in [2.75, 3.05) is 32.1 Å². The SMILES string of the molecule is COc1cc(C(=S)N2CCCC2)ccc1OCC(=O)Nc1cccc(Cl)c1C. The Morgan fingerprint density at radius 3 is 2.68 bits per heavy atom. The number of carbonyl (C=O) groups excluding carboxylic acids is 1. The van der Waals surface area contributed by atoms with Crippen molar-refractivity contribution in [2.45, 2.75) is 19.8 Å². The lowest BCUT2D eigenvalue weighted by Gasteiger charge is -2.19. The Balaban J connectivity index is 1.64. The number of rotatable bonds is 6. The largest absolute Gasteiger partial charge is 0.493 e. The summed E-state index contributed by atoms with van der Waals surface area (Å²) in [5.74, 6) is 0.767. The minimum Gasteiger partial charge on any atom is -0.493 e. The molecule has 28 heavy (non-hydrogen) atoms. The summed E-state index contributed by atoms with van der Waals surface area (Å²) in [6.45, 7) is 3.69. The van der Waals surface area contributed by atoms with E-state index in [1.165, 1.54) is 12.8 Å². The van der Waals surface area contributed by atoms with Gasteiger partial charge in [0, 0.05) is 29.4 Å². The molecule has 0 bridgehead atoms. The highest BCUT2D eigenvalue weighted by molar-refractivity contribution is 7.80. The van der Waals surface area contributed by atoms with Crippen molar-refractivity contribution in [3.63, 3.8) is 0 Å². The van der Waals surface area contributed by atoms with Crippen LogP contribution in [0.4, 0.5) is 5.69 Å². The molecule has 1 saturated heterocycles. The summed E-state index contributed by atoms with van der Waals surface area (Å²) in [5, 5.41) is 3.41. The van der Waals surface area contributed by atoms with Gasteiger partial charge in [0.25, 0.3) is 5.91 Å². The second-order valence-electron chi connectivity index (χ2n) is 6.61. The fourth-order valence-corrected chi connectivity index (χ4v) is 3.58. The van der Waals surface area contributed by atoms with Gasteiger partial charge in [0.05, 0.1) is 7.11 Å². The summed E-state index contributed by atoms with van der Waals surface area (Å²) >= 11 is 11.7. The molecule has 7 heteroatoms. The number of hydrogen-bond acceptors (Lipinski definition) is 4. The van der Waals surface area contributed by atoms with Gasteiger partial charge in [-0.25, -0.2) is 0 Å². The minimum absolute atomic E-state index is 0.141. The molecule has 148 valence electrons. The smallest absolute Gasteiger partial charge is 0.262 e. The number of nitrogens with zero attached hydrogens (tertiary/aromatic N) is 1. The molecule has 2 aromatic rings. The number of ether oxygens (including phenoxy) is 2. The van der Waals surface area contributed by atoms with Crippen LogP contribution in [0.5, 0.6) is 11.5 Å². The molecule has 0 radical (unpaired) electrons. The lowest BCUT2D eigenvalue weighted by atomic mass is 10.2. The molecule has 1 heterocycles. The Labute approximate surface area is 175 Å². The fourth-order valence-electron chi connectivity index (χ4n) is 3.10. The Morgan fingerprint density at radius 2 is 1.96 bits per heavy atom. The summed E-state index contributed by atoms with van der Waals surface area (Å²) < 4.78 is 11.1. The van der Waals surface area contributed by atoms with Gasteiger partial charge in [-0.05, 0) is 55.7 Å². The van der Waals surface area contributed by atoms with E-state index < -0.39 is 0 Å². The average Bonchev–Trinajstić information content (AvgIpc) is 3.24. The quantitative estimate of drug-likeness (QED) is 0.702. The van der Waals surface area contributed by atoms with E-state index in [-0.39, 0.29) is 12.5 Å². The fraction of sp³-hybridized carbons (Fsp3) is 0.333. The van der Waals surface area contributed by atoms with Crippen LogP contribution < -0.4 is 14.8 Å². The van der Waals surface area contributed by atoms with Crippen molar-refractivity contribution in [3.8, 4) is 11.5 Å². The highest BCUT2D eigenvalue weighted by Gasteiger charge is 2.18. The summed E-state index contributed by atoms with van der Waals surface area (Å²) in [6, 6.07) is 10.9. The highest BCUT2D eigenvalue weighted by Crippen LogP contribution is 2.29. The van der Waals surface area contributed by atoms with Crippen LogP contribution in [0.1, 0.15) is 24.0 Å². The van der Waals surface area contributed by atoms with E-state index in [1.54, 1.807) is 31.4 Å². The molecule has 0 saturated carbocycles. The predicted octanol–water partition coefficient (Wildman–Crippen LogP) is 4.45. The molecule has 1 aliphatic rings. The van der Waals surface area contributed by atoms with Crippen molar-refractivity contribution in [1.29, 1.82) is 0 Å². The van der Waals surface area contributed by atoms with Crippen LogP contribution in [0.3, 0.4) is 0 Å². The van der Waals surface area contributed by atoms with Crippen molar-refractivity contribution >= 4 is 40.4 Å². The predicted molar refractivity (Wildman–Crippen MR) is 116 cm³/mol. The number of hydrogen-bond donors (Lipinski definition) is 1. The van der Waals surface area contributed by atoms with Gasteiger partial charge in [0.15, 0.2) is 18.1 Å². The van der Waals surface area contributed by atoms with E-state index >= 15 is 0 Å². The summed E-state index contributed by atoms with van der Waals surface area (Å²) in [5.41, 5.74) is 2.40. The summed E-state index contributed by atoms with van der Waals surface area (Å²) in [4.78, 5) is 15.3. The van der Waals surface area contributed by atoms with Crippen LogP contribution in [0.2, 0.25) is 5.02 Å². The molecule has 0 atom stereocenters. The summed E-state index contributed by atoms with van der Waals surface area (Å²) in [6.07, 6.45) is 2.33. The second kappa shape index (κ2) is 9.26. The number of halogens is 1. The number of anilines is 1. The van der Waals surface area contributed by atoms with E-state index in [4.69, 9.17) is 33.3 Å². The number of nitrogens with one attached hydrogen (secondary N) is 1. The molecular weight excluding hydrogens is 396 g/mol. The normalized spacial score (nSPS) is 13.3. The van der Waals surface area contributed by atoms with Gasteiger partial charge in [-0.15, -0.1) is 0 Å². The maximum absolute atomic E-state index is 12.3. The third-order valence-electron chi connectivity index (χ3n) is 4.70. The first-order valence-corrected chi connectivity index (χ1v) is 9.93. The monoisotopic (exact) mass is 418 g/mol. The first-order valence-electron chi connectivity index (χ1n) is 9.14. The molecule has 0 unspecified atom stereocenters. The highest BCUT2D eigenvalue weighted by atomic mass is 35.5. The molecule has 5 nitrogen and oxygen atoms in total. The Morgan fingerprint density at radius 1 is 1.21 bits per heavy atom. The molecule has 3 rings (SSSR count). The summed E-state index contributed by atoms with van der Waals surface area (Å²) in [7, 11) is 1.57. The van der Waals surface area contributed by atoms with Gasteiger partial charge < -0.3 is 19.7 Å². The van der Waals surface area contributed by atoms with Crippen LogP contribution in [-0.4, -0.2) is 42.6 Å². The molecule has 0 aliphatic carbocycles. The number of carbonyl (C=O) groups is 1. The number of benzene rings is 2. The molecule has 0 aromatic heterocycles. The minimum atomic E-state index is -0.274. The number of amides is 1. The maximum Gasteiger partial charge on any atom is 0.262 e. The molecule has 1 amide bonds. The first-order chi connectivity index (χ1) is 13.5. The Bertz CT molecular complexity index is 882.